The van der Waals surface area contributed by atoms with Gasteiger partial charge in [-0.05, 0) is 66.3 Å². The fourth-order valence-electron chi connectivity index (χ4n) is 2.77. The summed E-state index contributed by atoms with van der Waals surface area (Å²) in [4.78, 5) is 17.3. The summed E-state index contributed by atoms with van der Waals surface area (Å²) < 4.78 is 28.9. The summed E-state index contributed by atoms with van der Waals surface area (Å²) in [6.45, 7) is 1.00. The molecule has 1 fully saturated rings. The zero-order chi connectivity index (χ0) is 18.6. The molecule has 1 aliphatic rings. The van der Waals surface area contributed by atoms with Gasteiger partial charge in [-0.3, -0.25) is 4.79 Å². The van der Waals surface area contributed by atoms with E-state index < -0.39 is 0 Å². The van der Waals surface area contributed by atoms with Crippen LogP contribution in [0.15, 0.2) is 18.3 Å². The Morgan fingerprint density at radius 1 is 1.50 bits per heavy atom. The van der Waals surface area contributed by atoms with Crippen molar-refractivity contribution in [3.05, 3.63) is 21.8 Å². The molecular formula is C16H24IN3O2. The van der Waals surface area contributed by atoms with Crippen LogP contribution < -0.4 is 10.2 Å². The highest BCUT2D eigenvalue weighted by atomic mass is 127. The number of aromatic nitrogens is 1. The van der Waals surface area contributed by atoms with Crippen molar-refractivity contribution >= 4 is 34.4 Å². The molecule has 1 N–H and O–H groups in total. The molecule has 1 aromatic rings. The average Bonchev–Trinajstić information content (AvgIpc) is 2.61. The first-order chi connectivity index (χ1) is 11.8. The summed E-state index contributed by atoms with van der Waals surface area (Å²) in [6.07, 6.45) is 4.11. The van der Waals surface area contributed by atoms with E-state index in [1.54, 1.807) is 0 Å². The summed E-state index contributed by atoms with van der Waals surface area (Å²) in [5.41, 5.74) is 0. The zero-order valence-electron chi connectivity index (χ0n) is 16.0. The molecule has 0 aliphatic heterocycles. The van der Waals surface area contributed by atoms with Gasteiger partial charge in [-0.15, -0.1) is 0 Å². The van der Waals surface area contributed by atoms with Gasteiger partial charge in [0, 0.05) is 29.4 Å². The Labute approximate surface area is 150 Å². The van der Waals surface area contributed by atoms with Crippen molar-refractivity contribution in [1.82, 2.24) is 10.3 Å². The minimum atomic E-state index is -0.244. The number of rotatable bonds is 6. The van der Waals surface area contributed by atoms with Gasteiger partial charge in [0.15, 0.2) is 0 Å². The summed E-state index contributed by atoms with van der Waals surface area (Å²) in [5, 5.41) is 3.23. The van der Waals surface area contributed by atoms with E-state index in [1.807, 2.05) is 34.5 Å². The van der Waals surface area contributed by atoms with Crippen LogP contribution in [0, 0.1) is 9.49 Å². The third-order valence-corrected chi connectivity index (χ3v) is 4.56. The van der Waals surface area contributed by atoms with Gasteiger partial charge in [0.25, 0.3) is 0 Å². The Morgan fingerprint density at radius 3 is 2.91 bits per heavy atom. The van der Waals surface area contributed by atoms with E-state index in [0.717, 1.165) is 32.2 Å². The Morgan fingerprint density at radius 2 is 2.23 bits per heavy atom. The number of esters is 1. The summed E-state index contributed by atoms with van der Waals surface area (Å²) in [6, 6.07) is 0.484. The van der Waals surface area contributed by atoms with Gasteiger partial charge in [0.1, 0.15) is 5.82 Å². The van der Waals surface area contributed by atoms with Crippen LogP contribution in [0.2, 0.25) is 0 Å². The number of hydrogen-bond donors (Lipinski definition) is 1. The first-order valence-corrected chi connectivity index (χ1v) is 8.56. The number of hydrogen-bond acceptors (Lipinski definition) is 5. The van der Waals surface area contributed by atoms with E-state index in [4.69, 9.17) is 4.11 Å². The van der Waals surface area contributed by atoms with Crippen LogP contribution in [0.1, 0.15) is 29.8 Å². The summed E-state index contributed by atoms with van der Waals surface area (Å²) >= 11 is 1.89. The largest absolute Gasteiger partial charge is 0.468 e. The lowest BCUT2D eigenvalue weighted by molar-refractivity contribution is -0.139. The first-order valence-electron chi connectivity index (χ1n) is 8.98. The predicted molar refractivity (Wildman–Crippen MR) is 96.0 cm³/mol. The predicted octanol–water partition coefficient (Wildman–Crippen LogP) is 2.44. The molecule has 5 nitrogen and oxygen atoms in total. The molecule has 0 unspecified atom stereocenters. The molecule has 0 spiro atoms. The van der Waals surface area contributed by atoms with Crippen LogP contribution in [-0.2, 0) is 9.53 Å². The normalized spacial score (nSPS) is 23.3. The van der Waals surface area contributed by atoms with Gasteiger partial charge < -0.3 is 15.0 Å². The van der Waals surface area contributed by atoms with E-state index in [0.29, 0.717) is 21.3 Å². The molecule has 22 heavy (non-hydrogen) atoms. The van der Waals surface area contributed by atoms with Gasteiger partial charge in [-0.2, -0.15) is 0 Å². The van der Waals surface area contributed by atoms with Gasteiger partial charge in [-0.1, -0.05) is 0 Å². The molecule has 1 saturated carbocycles. The first kappa shape index (κ1) is 13.5. The number of carbonyl (C=O) groups is 1. The van der Waals surface area contributed by atoms with Crippen LogP contribution in [-0.4, -0.2) is 44.2 Å². The van der Waals surface area contributed by atoms with E-state index in [1.165, 1.54) is 7.11 Å². The fraction of sp³-hybridized carbons (Fsp3) is 0.625. The molecule has 0 radical (unpaired) electrons. The molecule has 1 aliphatic carbocycles. The standard InChI is InChI=1S/C16H24IN3O2/c1-20(15-8-5-13(17)9-19-15)11-12-3-6-14(7-4-12)18-10-16(21)22-2/h5,8-9,12,14,18H,3-4,6-7,10-11H2,1-2H3/i5D,8D,9D. The topological polar surface area (TPSA) is 54.5 Å². The van der Waals surface area contributed by atoms with Crippen molar-refractivity contribution in [2.45, 2.75) is 31.7 Å². The number of ether oxygens (including phenoxy) is 1. The van der Waals surface area contributed by atoms with Crippen molar-refractivity contribution in [2.75, 3.05) is 32.1 Å². The van der Waals surface area contributed by atoms with Crippen LogP contribution in [0.25, 0.3) is 0 Å². The van der Waals surface area contributed by atoms with Crippen molar-refractivity contribution in [3.63, 3.8) is 0 Å². The van der Waals surface area contributed by atoms with Crippen LogP contribution in [0.4, 0.5) is 5.82 Å². The number of carbonyl (C=O) groups excluding carboxylic acids is 1. The van der Waals surface area contributed by atoms with Gasteiger partial charge in [-0.25, -0.2) is 4.98 Å². The molecule has 1 aromatic heterocycles. The lowest BCUT2D eigenvalue weighted by atomic mass is 9.85. The maximum atomic E-state index is 11.2. The molecule has 6 heteroatoms. The number of anilines is 1. The Kier molecular flexibility index (Phi) is 5.33. The Hall–Kier alpha value is -0.890. The zero-order valence-corrected chi connectivity index (χ0v) is 15.1. The molecular weight excluding hydrogens is 393 g/mol. The van der Waals surface area contributed by atoms with Gasteiger partial charge in [0.2, 0.25) is 0 Å². The summed E-state index contributed by atoms with van der Waals surface area (Å²) in [5.74, 6) is 0.637. The quantitative estimate of drug-likeness (QED) is 0.566. The molecule has 2 rings (SSSR count). The monoisotopic (exact) mass is 420 g/mol. The fourth-order valence-corrected chi connectivity index (χ4v) is 3.03. The third-order valence-electron chi connectivity index (χ3n) is 4.05. The lowest BCUT2D eigenvalue weighted by Crippen LogP contribution is -2.38. The second-order valence-corrected chi connectivity index (χ2v) is 6.75. The lowest BCUT2D eigenvalue weighted by Gasteiger charge is -2.32. The Balaban J connectivity index is 1.89. The molecule has 0 bridgehead atoms. The van der Waals surface area contributed by atoms with Crippen LogP contribution >= 0.6 is 22.6 Å². The highest BCUT2D eigenvalue weighted by Crippen LogP contribution is 2.26. The minimum absolute atomic E-state index is 0.0548. The van der Waals surface area contributed by atoms with Crippen molar-refractivity contribution in [1.29, 1.82) is 0 Å². The smallest absolute Gasteiger partial charge is 0.319 e. The molecule has 0 saturated heterocycles. The molecule has 0 aromatic carbocycles. The molecule has 0 atom stereocenters. The molecule has 122 valence electrons. The van der Waals surface area contributed by atoms with Gasteiger partial charge in [0.05, 0.1) is 17.8 Å². The van der Waals surface area contributed by atoms with E-state index in [9.17, 15) is 4.79 Å². The number of methoxy groups -OCH3 is 1. The second-order valence-electron chi connectivity index (χ2n) is 5.67. The maximum absolute atomic E-state index is 11.2. The maximum Gasteiger partial charge on any atom is 0.319 e. The van der Waals surface area contributed by atoms with Crippen LogP contribution in [0.5, 0.6) is 0 Å². The highest BCUT2D eigenvalue weighted by molar-refractivity contribution is 14.1. The summed E-state index contributed by atoms with van der Waals surface area (Å²) in [7, 11) is 3.26. The van der Waals surface area contributed by atoms with Gasteiger partial charge >= 0.3 is 5.97 Å². The second kappa shape index (κ2) is 8.67. The van der Waals surface area contributed by atoms with Crippen molar-refractivity contribution in [2.24, 2.45) is 5.92 Å². The highest BCUT2D eigenvalue weighted by Gasteiger charge is 2.22. The van der Waals surface area contributed by atoms with Crippen LogP contribution in [0.3, 0.4) is 0 Å². The number of nitrogens with zero attached hydrogens (tertiary/aromatic N) is 2. The molecule has 1 heterocycles. The van der Waals surface area contributed by atoms with Crippen molar-refractivity contribution < 1.29 is 13.6 Å². The Bertz CT molecular complexity index is 625. The van der Waals surface area contributed by atoms with E-state index in [-0.39, 0.29) is 30.8 Å². The third kappa shape index (κ3) is 5.39. The van der Waals surface area contributed by atoms with Crippen molar-refractivity contribution in [3.8, 4) is 0 Å². The van der Waals surface area contributed by atoms with E-state index >= 15 is 0 Å². The minimum Gasteiger partial charge on any atom is -0.468 e. The molecule has 0 amide bonds. The van der Waals surface area contributed by atoms with E-state index in [2.05, 4.69) is 15.0 Å². The SMILES string of the molecule is [2H]c1nc(N(C)CC2CCC(NCC(=O)OC)CC2)c([2H])c([2H])c1I. The average molecular weight is 420 g/mol. The number of pyridine rings is 1. The number of halogens is 1. The number of nitrogens with one attached hydrogen (secondary N) is 1.